The molecule has 1 aromatic rings. The van der Waals surface area contributed by atoms with Crippen LogP contribution in [0, 0.1) is 0 Å². The topological polar surface area (TPSA) is 44.8 Å². The number of carbonyl (C=O) groups excluding carboxylic acids is 1. The van der Waals surface area contributed by atoms with Crippen LogP contribution in [0.2, 0.25) is 10.0 Å². The van der Waals surface area contributed by atoms with Gasteiger partial charge in [-0.15, -0.1) is 0 Å². The van der Waals surface area contributed by atoms with Gasteiger partial charge in [-0.25, -0.2) is 4.79 Å². The normalized spacial score (nSPS) is 26.4. The fraction of sp³-hybridized carbons (Fsp3) is 0.588. The van der Waals surface area contributed by atoms with E-state index in [-0.39, 0.29) is 6.61 Å². The molecule has 0 N–H and O–H groups in total. The average molecular weight is 359 g/mol. The van der Waals surface area contributed by atoms with Gasteiger partial charge >= 0.3 is 5.97 Å². The van der Waals surface area contributed by atoms with Crippen molar-refractivity contribution in [3.05, 3.63) is 33.8 Å². The molecule has 1 saturated heterocycles. The van der Waals surface area contributed by atoms with E-state index in [1.165, 1.54) is 0 Å². The van der Waals surface area contributed by atoms with Crippen LogP contribution in [-0.4, -0.2) is 24.5 Å². The summed E-state index contributed by atoms with van der Waals surface area (Å²) in [5, 5.41) is 0.932. The number of benzene rings is 1. The van der Waals surface area contributed by atoms with Crippen molar-refractivity contribution in [1.82, 2.24) is 0 Å². The Morgan fingerprint density at radius 3 is 2.48 bits per heavy atom. The summed E-state index contributed by atoms with van der Waals surface area (Å²) >= 11 is 12.6. The summed E-state index contributed by atoms with van der Waals surface area (Å²) in [6.45, 7) is 2.05. The van der Waals surface area contributed by atoms with Crippen LogP contribution in [0.25, 0.3) is 0 Å². The molecule has 1 saturated carbocycles. The van der Waals surface area contributed by atoms with Crippen molar-refractivity contribution in [2.75, 3.05) is 6.61 Å². The number of esters is 1. The van der Waals surface area contributed by atoms with Crippen molar-refractivity contribution in [3.8, 4) is 0 Å². The molecule has 23 heavy (non-hydrogen) atoms. The Hall–Kier alpha value is -0.810. The fourth-order valence-electron chi connectivity index (χ4n) is 3.33. The first-order valence-electron chi connectivity index (χ1n) is 8.02. The largest absolute Gasteiger partial charge is 0.464 e. The lowest BCUT2D eigenvalue weighted by atomic mass is 9.94. The minimum absolute atomic E-state index is 0.286. The van der Waals surface area contributed by atoms with Crippen LogP contribution in [0.4, 0.5) is 0 Å². The molecule has 0 amide bonds. The zero-order valence-electron chi connectivity index (χ0n) is 13.0. The van der Waals surface area contributed by atoms with Crippen LogP contribution < -0.4 is 0 Å². The highest BCUT2D eigenvalue weighted by molar-refractivity contribution is 6.36. The molecule has 0 unspecified atom stereocenters. The molecule has 1 aliphatic heterocycles. The van der Waals surface area contributed by atoms with Gasteiger partial charge in [0.15, 0.2) is 11.9 Å². The van der Waals surface area contributed by atoms with E-state index in [1.54, 1.807) is 25.1 Å². The van der Waals surface area contributed by atoms with Gasteiger partial charge in [0.1, 0.15) is 6.10 Å². The molecule has 4 nitrogen and oxygen atoms in total. The second-order valence-electron chi connectivity index (χ2n) is 5.94. The lowest BCUT2D eigenvalue weighted by molar-refractivity contribution is -0.200. The highest BCUT2D eigenvalue weighted by Crippen LogP contribution is 2.49. The number of hydrogen-bond acceptors (Lipinski definition) is 4. The molecule has 0 aromatic heterocycles. The van der Waals surface area contributed by atoms with Gasteiger partial charge in [0.25, 0.3) is 0 Å². The summed E-state index contributed by atoms with van der Waals surface area (Å²) in [7, 11) is 0. The van der Waals surface area contributed by atoms with Crippen molar-refractivity contribution in [3.63, 3.8) is 0 Å². The van der Waals surface area contributed by atoms with E-state index in [4.69, 9.17) is 37.4 Å². The van der Waals surface area contributed by atoms with Crippen LogP contribution in [-0.2, 0) is 19.0 Å². The zero-order chi connectivity index (χ0) is 16.4. The highest BCUT2D eigenvalue weighted by atomic mass is 35.5. The smallest absolute Gasteiger partial charge is 0.338 e. The molecule has 3 rings (SSSR count). The van der Waals surface area contributed by atoms with Crippen LogP contribution >= 0.6 is 23.2 Å². The monoisotopic (exact) mass is 358 g/mol. The molecule has 1 aliphatic carbocycles. The Morgan fingerprint density at radius 1 is 1.22 bits per heavy atom. The number of carbonyl (C=O) groups is 1. The molecule has 2 fully saturated rings. The van der Waals surface area contributed by atoms with Crippen molar-refractivity contribution < 1.29 is 19.0 Å². The van der Waals surface area contributed by atoms with E-state index < -0.39 is 24.0 Å². The zero-order valence-corrected chi connectivity index (χ0v) is 14.5. The molecule has 2 atom stereocenters. The summed E-state index contributed by atoms with van der Waals surface area (Å²) < 4.78 is 17.5. The molecule has 1 aromatic carbocycles. The van der Waals surface area contributed by atoms with Gasteiger partial charge < -0.3 is 14.2 Å². The van der Waals surface area contributed by atoms with E-state index in [9.17, 15) is 4.79 Å². The lowest BCUT2D eigenvalue weighted by Crippen LogP contribution is -2.35. The quantitative estimate of drug-likeness (QED) is 0.736. The maximum Gasteiger partial charge on any atom is 0.338 e. The maximum absolute atomic E-state index is 12.4. The van der Waals surface area contributed by atoms with Gasteiger partial charge in [-0.05, 0) is 31.9 Å². The first-order valence-corrected chi connectivity index (χ1v) is 8.78. The molecule has 6 heteroatoms. The van der Waals surface area contributed by atoms with E-state index in [2.05, 4.69) is 0 Å². The van der Waals surface area contributed by atoms with Crippen LogP contribution in [0.1, 0.15) is 50.7 Å². The SMILES string of the molecule is CCOC(=O)[C@@H]1OC2(CCCCC2)O[C@@H]1c1c(Cl)cccc1Cl. The molecule has 126 valence electrons. The second-order valence-corrected chi connectivity index (χ2v) is 6.75. The molecule has 1 spiro atoms. The third-order valence-corrected chi connectivity index (χ3v) is 5.04. The van der Waals surface area contributed by atoms with Gasteiger partial charge in [0, 0.05) is 28.5 Å². The summed E-state index contributed by atoms with van der Waals surface area (Å²) in [6.07, 6.45) is 3.22. The minimum Gasteiger partial charge on any atom is -0.464 e. The van der Waals surface area contributed by atoms with Crippen molar-refractivity contribution in [2.24, 2.45) is 0 Å². The Kier molecular flexibility index (Phi) is 5.16. The Bertz CT molecular complexity index is 564. The summed E-state index contributed by atoms with van der Waals surface area (Å²) in [5.74, 6) is -1.17. The van der Waals surface area contributed by atoms with E-state index >= 15 is 0 Å². The highest BCUT2D eigenvalue weighted by Gasteiger charge is 2.52. The molecule has 1 heterocycles. The first-order chi connectivity index (χ1) is 11.1. The summed E-state index contributed by atoms with van der Waals surface area (Å²) in [5.41, 5.74) is 0.594. The van der Waals surface area contributed by atoms with E-state index in [0.29, 0.717) is 15.6 Å². The van der Waals surface area contributed by atoms with E-state index in [0.717, 1.165) is 32.1 Å². The van der Waals surface area contributed by atoms with Crippen molar-refractivity contribution in [1.29, 1.82) is 0 Å². The maximum atomic E-state index is 12.4. The number of hydrogen-bond donors (Lipinski definition) is 0. The molecular weight excluding hydrogens is 339 g/mol. The van der Waals surface area contributed by atoms with Gasteiger partial charge in [0.05, 0.1) is 6.61 Å². The van der Waals surface area contributed by atoms with Crippen LogP contribution in [0.15, 0.2) is 18.2 Å². The van der Waals surface area contributed by atoms with Crippen LogP contribution in [0.3, 0.4) is 0 Å². The molecule has 0 bridgehead atoms. The van der Waals surface area contributed by atoms with Crippen LogP contribution in [0.5, 0.6) is 0 Å². The number of ether oxygens (including phenoxy) is 3. The summed E-state index contributed by atoms with van der Waals surface area (Å²) in [4.78, 5) is 12.4. The van der Waals surface area contributed by atoms with Gasteiger partial charge in [-0.1, -0.05) is 35.7 Å². The third kappa shape index (κ3) is 3.36. The molecule has 0 radical (unpaired) electrons. The van der Waals surface area contributed by atoms with Gasteiger partial charge in [-0.2, -0.15) is 0 Å². The fourth-order valence-corrected chi connectivity index (χ4v) is 3.94. The molecule has 2 aliphatic rings. The second kappa shape index (κ2) is 6.98. The minimum atomic E-state index is -0.842. The average Bonchev–Trinajstić information content (AvgIpc) is 2.87. The Morgan fingerprint density at radius 2 is 1.87 bits per heavy atom. The third-order valence-electron chi connectivity index (χ3n) is 4.38. The standard InChI is InChI=1S/C17H20Cl2O4/c1-2-21-16(20)15-14(13-11(18)7-6-8-12(13)19)22-17(23-15)9-4-3-5-10-17/h6-8,14-15H,2-5,9-10H2,1H3/t14-,15-/m1/s1. The number of rotatable bonds is 3. The Labute approximate surface area is 146 Å². The molecular formula is C17H20Cl2O4. The van der Waals surface area contributed by atoms with E-state index in [1.807, 2.05) is 0 Å². The summed E-state index contributed by atoms with van der Waals surface area (Å²) in [6, 6.07) is 5.24. The van der Waals surface area contributed by atoms with Gasteiger partial charge in [-0.3, -0.25) is 0 Å². The van der Waals surface area contributed by atoms with Crippen molar-refractivity contribution >= 4 is 29.2 Å². The number of halogens is 2. The van der Waals surface area contributed by atoms with Gasteiger partial charge in [0.2, 0.25) is 0 Å². The lowest BCUT2D eigenvalue weighted by Gasteiger charge is -2.31. The predicted molar refractivity (Wildman–Crippen MR) is 87.6 cm³/mol. The Balaban J connectivity index is 1.96. The first kappa shape index (κ1) is 17.0. The van der Waals surface area contributed by atoms with Crippen molar-refractivity contribution in [2.45, 2.75) is 57.0 Å². The predicted octanol–water partition coefficient (Wildman–Crippen LogP) is 4.67.